The van der Waals surface area contributed by atoms with Crippen molar-refractivity contribution in [3.8, 4) is 12.3 Å². The van der Waals surface area contributed by atoms with Gasteiger partial charge >= 0.3 is 0 Å². The van der Waals surface area contributed by atoms with E-state index in [1.54, 1.807) is 12.5 Å². The van der Waals surface area contributed by atoms with E-state index in [4.69, 9.17) is 10.8 Å². The van der Waals surface area contributed by atoms with Crippen molar-refractivity contribution in [2.45, 2.75) is 19.4 Å². The van der Waals surface area contributed by atoms with Crippen molar-refractivity contribution in [3.05, 3.63) is 24.2 Å². The van der Waals surface area contributed by atoms with Crippen molar-refractivity contribution in [3.63, 3.8) is 0 Å². The average molecular weight is 163 g/mol. The molecule has 2 heteroatoms. The van der Waals surface area contributed by atoms with Gasteiger partial charge in [0, 0.05) is 18.5 Å². The van der Waals surface area contributed by atoms with E-state index < -0.39 is 0 Å². The first-order valence-electron chi connectivity index (χ1n) is 4.08. The summed E-state index contributed by atoms with van der Waals surface area (Å²) in [6.07, 6.45) is 10.4. The molecule has 1 aromatic rings. The van der Waals surface area contributed by atoms with Gasteiger partial charge in [0.25, 0.3) is 0 Å². The summed E-state index contributed by atoms with van der Waals surface area (Å²) >= 11 is 0. The Bertz CT molecular complexity index is 233. The molecule has 0 aliphatic carbocycles. The lowest BCUT2D eigenvalue weighted by Gasteiger charge is -1.99. The molecule has 0 saturated carbocycles. The van der Waals surface area contributed by atoms with Crippen LogP contribution in [-0.4, -0.2) is 6.54 Å². The van der Waals surface area contributed by atoms with Gasteiger partial charge in [0.05, 0.1) is 12.5 Å². The van der Waals surface area contributed by atoms with Crippen LogP contribution in [0.5, 0.6) is 0 Å². The lowest BCUT2D eigenvalue weighted by molar-refractivity contribution is 0.559. The molecule has 0 unspecified atom stereocenters. The number of furan rings is 1. The van der Waals surface area contributed by atoms with Crippen molar-refractivity contribution in [1.82, 2.24) is 5.32 Å². The Hall–Kier alpha value is -1.20. The van der Waals surface area contributed by atoms with E-state index in [0.717, 1.165) is 25.9 Å². The van der Waals surface area contributed by atoms with E-state index >= 15 is 0 Å². The van der Waals surface area contributed by atoms with Crippen LogP contribution >= 0.6 is 0 Å². The largest absolute Gasteiger partial charge is 0.472 e. The Balaban J connectivity index is 2.01. The minimum atomic E-state index is 0.846. The van der Waals surface area contributed by atoms with Gasteiger partial charge in [-0.05, 0) is 19.0 Å². The van der Waals surface area contributed by atoms with Crippen LogP contribution in [0.1, 0.15) is 18.4 Å². The number of unbranched alkanes of at least 4 members (excludes halogenated alkanes) is 1. The first kappa shape index (κ1) is 8.89. The molecule has 0 saturated heterocycles. The Labute approximate surface area is 73.0 Å². The minimum Gasteiger partial charge on any atom is -0.472 e. The molecule has 12 heavy (non-hydrogen) atoms. The van der Waals surface area contributed by atoms with Gasteiger partial charge in [-0.25, -0.2) is 0 Å². The Morgan fingerprint density at radius 1 is 1.58 bits per heavy atom. The highest BCUT2D eigenvalue weighted by atomic mass is 16.3. The topological polar surface area (TPSA) is 25.2 Å². The fourth-order valence-electron chi connectivity index (χ4n) is 0.941. The summed E-state index contributed by atoms with van der Waals surface area (Å²) in [5, 5.41) is 3.27. The summed E-state index contributed by atoms with van der Waals surface area (Å²) < 4.78 is 4.92. The van der Waals surface area contributed by atoms with E-state index in [9.17, 15) is 0 Å². The normalized spacial score (nSPS) is 9.58. The Morgan fingerprint density at radius 2 is 2.50 bits per heavy atom. The number of terminal acetylenes is 1. The third-order valence-corrected chi connectivity index (χ3v) is 1.58. The summed E-state index contributed by atoms with van der Waals surface area (Å²) in [7, 11) is 0. The van der Waals surface area contributed by atoms with Crippen LogP contribution in [0.25, 0.3) is 0 Å². The Kier molecular flexibility index (Phi) is 4.04. The average Bonchev–Trinajstić information content (AvgIpc) is 2.57. The summed E-state index contributed by atoms with van der Waals surface area (Å²) in [6.45, 7) is 1.83. The second-order valence-electron chi connectivity index (χ2n) is 2.62. The number of rotatable bonds is 5. The quantitative estimate of drug-likeness (QED) is 0.528. The predicted molar refractivity (Wildman–Crippen MR) is 48.5 cm³/mol. The smallest absolute Gasteiger partial charge is 0.0947 e. The molecule has 0 amide bonds. The minimum absolute atomic E-state index is 0.846. The maximum absolute atomic E-state index is 5.11. The zero-order valence-corrected chi connectivity index (χ0v) is 7.05. The lowest BCUT2D eigenvalue weighted by Crippen LogP contribution is -2.13. The zero-order valence-electron chi connectivity index (χ0n) is 7.05. The molecule has 1 rings (SSSR count). The maximum atomic E-state index is 5.11. The van der Waals surface area contributed by atoms with E-state index in [2.05, 4.69) is 11.2 Å². The van der Waals surface area contributed by atoms with Gasteiger partial charge in [0.15, 0.2) is 0 Å². The van der Waals surface area contributed by atoms with E-state index in [1.807, 2.05) is 6.07 Å². The second-order valence-corrected chi connectivity index (χ2v) is 2.62. The molecule has 1 aromatic heterocycles. The number of hydrogen-bond acceptors (Lipinski definition) is 2. The zero-order chi connectivity index (χ0) is 8.65. The molecule has 0 radical (unpaired) electrons. The molecule has 0 aliphatic heterocycles. The summed E-state index contributed by atoms with van der Waals surface area (Å²) in [5.74, 6) is 2.60. The van der Waals surface area contributed by atoms with E-state index in [0.29, 0.717) is 0 Å². The number of nitrogens with one attached hydrogen (secondary N) is 1. The van der Waals surface area contributed by atoms with Gasteiger partial charge in [-0.15, -0.1) is 12.3 Å². The molecular weight excluding hydrogens is 150 g/mol. The van der Waals surface area contributed by atoms with Gasteiger partial charge in [0.2, 0.25) is 0 Å². The number of hydrogen-bond donors (Lipinski definition) is 1. The summed E-state index contributed by atoms with van der Waals surface area (Å²) in [4.78, 5) is 0. The highest BCUT2D eigenvalue weighted by Crippen LogP contribution is 1.98. The molecular formula is C10H13NO. The molecule has 0 fully saturated rings. The molecule has 1 heterocycles. The van der Waals surface area contributed by atoms with Crippen molar-refractivity contribution in [2.75, 3.05) is 6.54 Å². The van der Waals surface area contributed by atoms with E-state index in [1.165, 1.54) is 5.56 Å². The van der Waals surface area contributed by atoms with Crippen LogP contribution in [0.2, 0.25) is 0 Å². The molecule has 0 atom stereocenters. The molecule has 0 aromatic carbocycles. The SMILES string of the molecule is C#CCCCNCc1ccoc1. The van der Waals surface area contributed by atoms with Crippen LogP contribution in [0, 0.1) is 12.3 Å². The molecule has 64 valence electrons. The molecule has 0 aliphatic rings. The molecule has 1 N–H and O–H groups in total. The lowest BCUT2D eigenvalue weighted by atomic mass is 10.3. The molecule has 0 spiro atoms. The van der Waals surface area contributed by atoms with Gasteiger partial charge in [-0.3, -0.25) is 0 Å². The fraction of sp³-hybridized carbons (Fsp3) is 0.400. The van der Waals surface area contributed by atoms with Crippen LogP contribution in [0.15, 0.2) is 23.0 Å². The third-order valence-electron chi connectivity index (χ3n) is 1.58. The van der Waals surface area contributed by atoms with Crippen LogP contribution in [0.4, 0.5) is 0 Å². The summed E-state index contributed by atoms with van der Waals surface area (Å²) in [6, 6.07) is 1.95. The standard InChI is InChI=1S/C10H13NO/c1-2-3-4-6-11-8-10-5-7-12-9-10/h1,5,7,9,11H,3-4,6,8H2. The van der Waals surface area contributed by atoms with E-state index in [-0.39, 0.29) is 0 Å². The van der Waals surface area contributed by atoms with Gasteiger partial charge in [-0.1, -0.05) is 0 Å². The molecule has 0 bridgehead atoms. The highest BCUT2D eigenvalue weighted by molar-refractivity contribution is 5.04. The van der Waals surface area contributed by atoms with Crippen molar-refractivity contribution in [1.29, 1.82) is 0 Å². The highest BCUT2D eigenvalue weighted by Gasteiger charge is 1.91. The Morgan fingerprint density at radius 3 is 3.17 bits per heavy atom. The predicted octanol–water partition coefficient (Wildman–Crippen LogP) is 1.78. The fourth-order valence-corrected chi connectivity index (χ4v) is 0.941. The first-order valence-corrected chi connectivity index (χ1v) is 4.08. The van der Waals surface area contributed by atoms with Crippen LogP contribution in [-0.2, 0) is 6.54 Å². The molecule has 2 nitrogen and oxygen atoms in total. The first-order chi connectivity index (χ1) is 5.93. The monoisotopic (exact) mass is 163 g/mol. The second kappa shape index (κ2) is 5.45. The maximum Gasteiger partial charge on any atom is 0.0947 e. The summed E-state index contributed by atoms with van der Waals surface area (Å²) in [5.41, 5.74) is 1.18. The van der Waals surface area contributed by atoms with Crippen molar-refractivity contribution >= 4 is 0 Å². The van der Waals surface area contributed by atoms with Crippen LogP contribution < -0.4 is 5.32 Å². The van der Waals surface area contributed by atoms with Gasteiger partial charge in [-0.2, -0.15) is 0 Å². The van der Waals surface area contributed by atoms with Crippen molar-refractivity contribution < 1.29 is 4.42 Å². The van der Waals surface area contributed by atoms with Crippen molar-refractivity contribution in [2.24, 2.45) is 0 Å². The van der Waals surface area contributed by atoms with Gasteiger partial charge < -0.3 is 9.73 Å². The van der Waals surface area contributed by atoms with Gasteiger partial charge in [0.1, 0.15) is 0 Å². The third kappa shape index (κ3) is 3.27. The van der Waals surface area contributed by atoms with Crippen LogP contribution in [0.3, 0.4) is 0 Å².